The third-order valence-electron chi connectivity index (χ3n) is 4.78. The predicted octanol–water partition coefficient (Wildman–Crippen LogP) is 6.95. The highest BCUT2D eigenvalue weighted by Crippen LogP contribution is 2.35. The Hall–Kier alpha value is -2.86. The number of hydrogen-bond acceptors (Lipinski definition) is 4. The van der Waals surface area contributed by atoms with Gasteiger partial charge in [-0.05, 0) is 36.2 Å². The van der Waals surface area contributed by atoms with E-state index in [1.165, 1.54) is 0 Å². The fourth-order valence-electron chi connectivity index (χ4n) is 3.25. The van der Waals surface area contributed by atoms with Crippen LogP contribution in [0.15, 0.2) is 42.4 Å². The van der Waals surface area contributed by atoms with Crippen LogP contribution < -0.4 is 9.47 Å². The lowest BCUT2D eigenvalue weighted by Crippen LogP contribution is -2.47. The molecule has 1 saturated heterocycles. The Bertz CT molecular complexity index is 1020. The van der Waals surface area contributed by atoms with Gasteiger partial charge in [-0.2, -0.15) is 22.0 Å². The van der Waals surface area contributed by atoms with Gasteiger partial charge in [0, 0.05) is 17.5 Å². The summed E-state index contributed by atoms with van der Waals surface area (Å²) in [4.78, 5) is 0. The second-order valence-corrected chi connectivity index (χ2v) is 7.36. The van der Waals surface area contributed by atoms with Crippen LogP contribution in [0, 0.1) is 23.4 Å². The Morgan fingerprint density at radius 2 is 1.59 bits per heavy atom. The van der Waals surface area contributed by atoms with E-state index in [1.807, 2.05) is 6.92 Å². The molecule has 1 heterocycles. The fraction of sp³-hybridized carbons (Fsp3) is 0.364. The minimum atomic E-state index is -3.97. The Balaban J connectivity index is 1.76. The van der Waals surface area contributed by atoms with Gasteiger partial charge in [-0.1, -0.05) is 13.3 Å². The van der Waals surface area contributed by atoms with E-state index in [0.717, 1.165) is 25.0 Å². The van der Waals surface area contributed by atoms with Crippen molar-refractivity contribution in [2.75, 3.05) is 13.2 Å². The molecular weight excluding hydrogens is 480 g/mol. The molecule has 2 aromatic rings. The molecule has 0 aromatic heterocycles. The average molecular weight is 498 g/mol. The zero-order chi connectivity index (χ0) is 25.0. The molecule has 0 saturated carbocycles. The first kappa shape index (κ1) is 25.8. The number of benzene rings is 2. The predicted molar refractivity (Wildman–Crippen MR) is 102 cm³/mol. The lowest BCUT2D eigenvalue weighted by molar-refractivity contribution is -0.352. The van der Waals surface area contributed by atoms with Gasteiger partial charge >= 0.3 is 18.2 Å². The van der Waals surface area contributed by atoms with Crippen LogP contribution in [0.5, 0.6) is 11.5 Å². The second kappa shape index (κ2) is 10.6. The summed E-state index contributed by atoms with van der Waals surface area (Å²) in [6.45, 7) is 2.01. The molecule has 0 spiro atoms. The first-order valence-corrected chi connectivity index (χ1v) is 9.99. The SMILES string of the molecule is CCCC1COC(C(F)(F)Oc2ccc(-c3cc(F)c(OC(F)=C(F)F)c(F)c3)c(F)c2)OC1. The average Bonchev–Trinajstić information content (AvgIpc) is 2.76. The van der Waals surface area contributed by atoms with Crippen LogP contribution in [0.1, 0.15) is 19.8 Å². The van der Waals surface area contributed by atoms with Gasteiger partial charge in [0.1, 0.15) is 11.6 Å². The molecule has 0 radical (unpaired) electrons. The summed E-state index contributed by atoms with van der Waals surface area (Å²) in [7, 11) is 0. The molecule has 12 heteroatoms. The molecule has 0 bridgehead atoms. The van der Waals surface area contributed by atoms with Crippen molar-refractivity contribution in [3.8, 4) is 22.6 Å². The van der Waals surface area contributed by atoms with E-state index in [2.05, 4.69) is 9.47 Å². The van der Waals surface area contributed by atoms with Gasteiger partial charge in [0.05, 0.1) is 13.2 Å². The molecule has 1 aliphatic heterocycles. The largest absolute Gasteiger partial charge is 0.451 e. The molecule has 2 aromatic carbocycles. The van der Waals surface area contributed by atoms with Crippen LogP contribution in [0.4, 0.5) is 35.1 Å². The van der Waals surface area contributed by atoms with E-state index >= 15 is 0 Å². The molecule has 1 aliphatic rings. The molecule has 0 unspecified atom stereocenters. The van der Waals surface area contributed by atoms with Crippen molar-refractivity contribution < 1.29 is 54.1 Å². The van der Waals surface area contributed by atoms with Gasteiger partial charge < -0.3 is 18.9 Å². The summed E-state index contributed by atoms with van der Waals surface area (Å²) in [5, 5.41) is 0. The molecule has 34 heavy (non-hydrogen) atoms. The van der Waals surface area contributed by atoms with Gasteiger partial charge in [-0.25, -0.2) is 13.2 Å². The minimum Gasteiger partial charge on any atom is -0.429 e. The molecule has 4 nitrogen and oxygen atoms in total. The molecule has 0 aliphatic carbocycles. The Kier molecular flexibility index (Phi) is 8.03. The molecule has 3 rings (SSSR count). The first-order chi connectivity index (χ1) is 16.0. The molecule has 0 N–H and O–H groups in total. The van der Waals surface area contributed by atoms with Crippen LogP contribution in [0.3, 0.4) is 0 Å². The summed E-state index contributed by atoms with van der Waals surface area (Å²) in [6, 6.07) is 0.837. The van der Waals surface area contributed by atoms with Gasteiger partial charge in [-0.3, -0.25) is 0 Å². The summed E-state index contributed by atoms with van der Waals surface area (Å²) in [6.07, 6.45) is -7.35. The van der Waals surface area contributed by atoms with E-state index in [4.69, 9.17) is 9.47 Å². The summed E-state index contributed by atoms with van der Waals surface area (Å²) < 4.78 is 127. The van der Waals surface area contributed by atoms with Crippen LogP contribution in [0.25, 0.3) is 11.1 Å². The molecule has 0 amide bonds. The normalized spacial score (nSPS) is 18.5. The van der Waals surface area contributed by atoms with E-state index in [-0.39, 0.29) is 19.1 Å². The first-order valence-electron chi connectivity index (χ1n) is 9.99. The van der Waals surface area contributed by atoms with Gasteiger partial charge in [0.25, 0.3) is 6.29 Å². The summed E-state index contributed by atoms with van der Waals surface area (Å²) >= 11 is 0. The molecule has 0 atom stereocenters. The van der Waals surface area contributed by atoms with Crippen molar-refractivity contribution in [1.29, 1.82) is 0 Å². The Morgan fingerprint density at radius 1 is 0.971 bits per heavy atom. The van der Waals surface area contributed by atoms with Crippen LogP contribution >= 0.6 is 0 Å². The van der Waals surface area contributed by atoms with E-state index < -0.39 is 64.6 Å². The number of rotatable bonds is 8. The fourth-order valence-corrected chi connectivity index (χ4v) is 3.25. The highest BCUT2D eigenvalue weighted by atomic mass is 19.3. The smallest absolute Gasteiger partial charge is 0.429 e. The number of alkyl halides is 2. The van der Waals surface area contributed by atoms with E-state index in [1.54, 1.807) is 0 Å². The third-order valence-corrected chi connectivity index (χ3v) is 4.78. The summed E-state index contributed by atoms with van der Waals surface area (Å²) in [5.74, 6) is -6.54. The lowest BCUT2D eigenvalue weighted by atomic mass is 10.0. The third kappa shape index (κ3) is 5.98. The molecule has 1 fully saturated rings. The zero-order valence-electron chi connectivity index (χ0n) is 17.5. The Morgan fingerprint density at radius 3 is 2.12 bits per heavy atom. The van der Waals surface area contributed by atoms with Crippen molar-refractivity contribution in [2.24, 2.45) is 5.92 Å². The molecular formula is C22H18F8O4. The maximum atomic E-state index is 14.5. The maximum absolute atomic E-state index is 14.5. The Labute approximate surface area is 188 Å². The van der Waals surface area contributed by atoms with E-state index in [9.17, 15) is 35.1 Å². The van der Waals surface area contributed by atoms with Crippen molar-refractivity contribution in [3.05, 3.63) is 59.9 Å². The number of halogens is 8. The highest BCUT2D eigenvalue weighted by Gasteiger charge is 2.47. The topological polar surface area (TPSA) is 36.9 Å². The monoisotopic (exact) mass is 498 g/mol. The molecule has 186 valence electrons. The number of hydrogen-bond donors (Lipinski definition) is 0. The van der Waals surface area contributed by atoms with Crippen molar-refractivity contribution in [1.82, 2.24) is 0 Å². The van der Waals surface area contributed by atoms with Crippen molar-refractivity contribution in [3.63, 3.8) is 0 Å². The van der Waals surface area contributed by atoms with Crippen LogP contribution in [0.2, 0.25) is 0 Å². The van der Waals surface area contributed by atoms with Gasteiger partial charge in [0.2, 0.25) is 5.75 Å². The zero-order valence-corrected chi connectivity index (χ0v) is 17.5. The second-order valence-electron chi connectivity index (χ2n) is 7.36. The summed E-state index contributed by atoms with van der Waals surface area (Å²) in [5.41, 5.74) is -0.885. The standard InChI is InChI=1S/C22H18F8O4/c1-2-3-11-9-31-21(32-10-11)22(29,30)34-13-4-5-14(15(23)8-13)12-6-16(24)18(17(25)7-12)33-20(28)19(26)27/h4-8,11,21H,2-3,9-10H2,1H3. The van der Waals surface area contributed by atoms with Crippen LogP contribution in [-0.2, 0) is 9.47 Å². The lowest BCUT2D eigenvalue weighted by Gasteiger charge is -2.33. The maximum Gasteiger partial charge on any atom is 0.451 e. The van der Waals surface area contributed by atoms with Gasteiger partial charge in [0.15, 0.2) is 11.6 Å². The quantitative estimate of drug-likeness (QED) is 0.292. The van der Waals surface area contributed by atoms with E-state index in [0.29, 0.717) is 18.2 Å². The number of ether oxygens (including phenoxy) is 4. The van der Waals surface area contributed by atoms with Crippen LogP contribution in [-0.4, -0.2) is 25.6 Å². The van der Waals surface area contributed by atoms with Crippen molar-refractivity contribution >= 4 is 0 Å². The highest BCUT2D eigenvalue weighted by molar-refractivity contribution is 5.66. The van der Waals surface area contributed by atoms with Gasteiger partial charge in [-0.15, -0.1) is 0 Å². The van der Waals surface area contributed by atoms with Crippen molar-refractivity contribution in [2.45, 2.75) is 32.2 Å². The minimum absolute atomic E-state index is 0.0325.